The summed E-state index contributed by atoms with van der Waals surface area (Å²) in [4.78, 5) is 11.9. The molecule has 0 unspecified atom stereocenters. The van der Waals surface area contributed by atoms with E-state index in [1.54, 1.807) is 12.1 Å². The summed E-state index contributed by atoms with van der Waals surface area (Å²) in [6.07, 6.45) is 0. The third-order valence-corrected chi connectivity index (χ3v) is 4.39. The van der Waals surface area contributed by atoms with Crippen LogP contribution in [0.2, 0.25) is 0 Å². The number of carbonyl (C=O) groups excluding carboxylic acids is 1. The van der Waals surface area contributed by atoms with E-state index in [0.29, 0.717) is 0 Å². The van der Waals surface area contributed by atoms with E-state index in [0.717, 1.165) is 11.1 Å². The minimum atomic E-state index is -3.99. The third-order valence-electron chi connectivity index (χ3n) is 3.22. The van der Waals surface area contributed by atoms with Crippen LogP contribution in [-0.4, -0.2) is 20.4 Å². The van der Waals surface area contributed by atoms with E-state index in [4.69, 9.17) is 9.02 Å². The molecule has 0 bridgehead atoms. The second kappa shape index (κ2) is 8.05. The van der Waals surface area contributed by atoms with Gasteiger partial charge in [0.05, 0.1) is 4.90 Å². The molecule has 0 radical (unpaired) electrons. The monoisotopic (exact) mass is 349 g/mol. The van der Waals surface area contributed by atoms with E-state index in [1.165, 1.54) is 19.1 Å². The van der Waals surface area contributed by atoms with Crippen LogP contribution in [0, 0.1) is 6.92 Å². The fourth-order valence-electron chi connectivity index (χ4n) is 1.79. The van der Waals surface area contributed by atoms with Crippen LogP contribution < -0.4 is 5.48 Å². The lowest BCUT2D eigenvalue weighted by molar-refractivity contribution is -0.149. The SMILES string of the molecule is Cc1ccc(S(=O)(=O)ON[C@@H](C)C(=O)OCc2ccccc2)cc1. The average molecular weight is 349 g/mol. The standard InChI is InChI=1S/C17H19NO5S/c1-13-8-10-16(11-9-13)24(20,21)23-18-14(2)17(19)22-12-15-6-4-3-5-7-15/h3-11,14,18H,12H2,1-2H3/t14-/m0/s1. The summed E-state index contributed by atoms with van der Waals surface area (Å²) < 4.78 is 33.8. The molecule has 128 valence electrons. The average Bonchev–Trinajstić information content (AvgIpc) is 2.59. The number of carbonyl (C=O) groups is 1. The van der Waals surface area contributed by atoms with Crippen LogP contribution in [0.5, 0.6) is 0 Å². The molecule has 0 fully saturated rings. The van der Waals surface area contributed by atoms with Crippen LogP contribution in [0.25, 0.3) is 0 Å². The van der Waals surface area contributed by atoms with Crippen LogP contribution in [-0.2, 0) is 30.5 Å². The van der Waals surface area contributed by atoms with Crippen molar-refractivity contribution in [1.29, 1.82) is 0 Å². The largest absolute Gasteiger partial charge is 0.460 e. The molecule has 0 aromatic heterocycles. The molecule has 0 aliphatic carbocycles. The van der Waals surface area contributed by atoms with Gasteiger partial charge < -0.3 is 4.74 Å². The lowest BCUT2D eigenvalue weighted by Gasteiger charge is -2.13. The fraction of sp³-hybridized carbons (Fsp3) is 0.235. The molecule has 2 rings (SSSR count). The Balaban J connectivity index is 1.86. The van der Waals surface area contributed by atoms with Gasteiger partial charge in [0.1, 0.15) is 12.6 Å². The number of hydrogen-bond acceptors (Lipinski definition) is 6. The molecule has 0 spiro atoms. The molecule has 0 saturated heterocycles. The lowest BCUT2D eigenvalue weighted by Crippen LogP contribution is -2.36. The van der Waals surface area contributed by atoms with Gasteiger partial charge in [0.2, 0.25) is 0 Å². The van der Waals surface area contributed by atoms with Crippen LogP contribution >= 0.6 is 0 Å². The van der Waals surface area contributed by atoms with Gasteiger partial charge in [-0.05, 0) is 31.5 Å². The van der Waals surface area contributed by atoms with E-state index in [2.05, 4.69) is 5.48 Å². The molecular weight excluding hydrogens is 330 g/mol. The highest BCUT2D eigenvalue weighted by Crippen LogP contribution is 2.12. The van der Waals surface area contributed by atoms with Gasteiger partial charge in [-0.2, -0.15) is 18.2 Å². The van der Waals surface area contributed by atoms with Gasteiger partial charge >= 0.3 is 16.1 Å². The minimum Gasteiger partial charge on any atom is -0.460 e. The molecule has 2 aromatic carbocycles. The number of esters is 1. The summed E-state index contributed by atoms with van der Waals surface area (Å²) in [5, 5.41) is 0. The molecule has 0 heterocycles. The maximum atomic E-state index is 12.0. The van der Waals surface area contributed by atoms with Crippen molar-refractivity contribution < 1.29 is 22.2 Å². The van der Waals surface area contributed by atoms with Crippen molar-refractivity contribution in [2.45, 2.75) is 31.4 Å². The molecular formula is C17H19NO5S. The molecule has 1 N–H and O–H groups in total. The number of benzene rings is 2. The van der Waals surface area contributed by atoms with Crippen molar-refractivity contribution in [2.24, 2.45) is 0 Å². The molecule has 0 aliphatic rings. The first-order valence-electron chi connectivity index (χ1n) is 7.35. The van der Waals surface area contributed by atoms with Crippen LogP contribution in [0.4, 0.5) is 0 Å². The predicted molar refractivity (Wildman–Crippen MR) is 88.3 cm³/mol. The first-order valence-corrected chi connectivity index (χ1v) is 8.75. The molecule has 6 nitrogen and oxygen atoms in total. The summed E-state index contributed by atoms with van der Waals surface area (Å²) >= 11 is 0. The van der Waals surface area contributed by atoms with Gasteiger partial charge in [0.15, 0.2) is 0 Å². The second-order valence-electron chi connectivity index (χ2n) is 5.28. The maximum absolute atomic E-state index is 12.0. The molecule has 2 aromatic rings. The Kier molecular flexibility index (Phi) is 6.08. The number of nitrogens with one attached hydrogen (secondary N) is 1. The second-order valence-corrected chi connectivity index (χ2v) is 6.83. The van der Waals surface area contributed by atoms with Crippen molar-refractivity contribution in [2.75, 3.05) is 0 Å². The van der Waals surface area contributed by atoms with Crippen LogP contribution in [0.15, 0.2) is 59.5 Å². The third kappa shape index (κ3) is 5.16. The highest BCUT2D eigenvalue weighted by atomic mass is 32.2. The Bertz CT molecular complexity index is 772. The Morgan fingerprint density at radius 2 is 1.71 bits per heavy atom. The zero-order valence-corrected chi connectivity index (χ0v) is 14.2. The van der Waals surface area contributed by atoms with Crippen molar-refractivity contribution >= 4 is 16.1 Å². The zero-order valence-electron chi connectivity index (χ0n) is 13.4. The quantitative estimate of drug-likeness (QED) is 0.610. The Morgan fingerprint density at radius 3 is 2.33 bits per heavy atom. The molecule has 7 heteroatoms. The smallest absolute Gasteiger partial charge is 0.325 e. The number of rotatable bonds is 7. The molecule has 1 atom stereocenters. The summed E-state index contributed by atoms with van der Waals surface area (Å²) in [5.41, 5.74) is 3.98. The first kappa shape index (κ1) is 18.1. The van der Waals surface area contributed by atoms with Crippen molar-refractivity contribution in [3.8, 4) is 0 Å². The normalized spacial score (nSPS) is 12.6. The Hall–Kier alpha value is -2.22. The van der Waals surface area contributed by atoms with Gasteiger partial charge in [-0.15, -0.1) is 0 Å². The first-order chi connectivity index (χ1) is 11.4. The summed E-state index contributed by atoms with van der Waals surface area (Å²) in [6, 6.07) is 14.4. The fourth-order valence-corrected chi connectivity index (χ4v) is 2.63. The van der Waals surface area contributed by atoms with E-state index < -0.39 is 22.1 Å². The Morgan fingerprint density at radius 1 is 1.08 bits per heavy atom. The minimum absolute atomic E-state index is 0.00505. The molecule has 0 aliphatic heterocycles. The molecule has 0 saturated carbocycles. The van der Waals surface area contributed by atoms with Crippen molar-refractivity contribution in [3.63, 3.8) is 0 Å². The maximum Gasteiger partial charge on any atom is 0.325 e. The summed E-state index contributed by atoms with van der Waals surface area (Å²) in [7, 11) is -3.99. The lowest BCUT2D eigenvalue weighted by atomic mass is 10.2. The molecule has 0 amide bonds. The summed E-state index contributed by atoms with van der Waals surface area (Å²) in [5.74, 6) is -0.613. The molecule has 24 heavy (non-hydrogen) atoms. The summed E-state index contributed by atoms with van der Waals surface area (Å²) in [6.45, 7) is 3.41. The van der Waals surface area contributed by atoms with E-state index in [-0.39, 0.29) is 11.5 Å². The highest BCUT2D eigenvalue weighted by Gasteiger charge is 2.20. The van der Waals surface area contributed by atoms with Gasteiger partial charge in [0, 0.05) is 0 Å². The van der Waals surface area contributed by atoms with Gasteiger partial charge in [-0.3, -0.25) is 4.79 Å². The van der Waals surface area contributed by atoms with Crippen molar-refractivity contribution in [1.82, 2.24) is 5.48 Å². The van der Waals surface area contributed by atoms with Gasteiger partial charge in [0.25, 0.3) is 0 Å². The highest BCUT2D eigenvalue weighted by molar-refractivity contribution is 7.86. The number of hydroxylamine groups is 1. The van der Waals surface area contributed by atoms with Crippen molar-refractivity contribution in [3.05, 3.63) is 65.7 Å². The van der Waals surface area contributed by atoms with E-state index in [9.17, 15) is 13.2 Å². The zero-order chi connectivity index (χ0) is 17.6. The number of hydrogen-bond donors (Lipinski definition) is 1. The number of aryl methyl sites for hydroxylation is 1. The topological polar surface area (TPSA) is 81.7 Å². The predicted octanol–water partition coefficient (Wildman–Crippen LogP) is 2.34. The van der Waals surface area contributed by atoms with Gasteiger partial charge in [-0.25, -0.2) is 0 Å². The van der Waals surface area contributed by atoms with Crippen LogP contribution in [0.1, 0.15) is 18.1 Å². The van der Waals surface area contributed by atoms with E-state index >= 15 is 0 Å². The number of ether oxygens (including phenoxy) is 1. The van der Waals surface area contributed by atoms with E-state index in [1.807, 2.05) is 37.3 Å². The Labute approximate surface area is 141 Å². The van der Waals surface area contributed by atoms with Gasteiger partial charge in [-0.1, -0.05) is 48.0 Å². The van der Waals surface area contributed by atoms with Crippen LogP contribution in [0.3, 0.4) is 0 Å².